The molecule has 0 saturated heterocycles. The lowest BCUT2D eigenvalue weighted by atomic mass is 10.0. The maximum atomic E-state index is 13.2. The largest absolute Gasteiger partial charge is 0.496 e. The number of hydrogen-bond donors (Lipinski definition) is 0. The number of halogens is 1. The topological polar surface area (TPSA) is 55.8 Å². The van der Waals surface area contributed by atoms with Crippen molar-refractivity contribution < 1.29 is 19.1 Å². The predicted octanol–water partition coefficient (Wildman–Crippen LogP) is 4.23. The molecule has 0 bridgehead atoms. The Labute approximate surface area is 162 Å². The Kier molecular flexibility index (Phi) is 5.33. The highest BCUT2D eigenvalue weighted by atomic mass is 35.5. The summed E-state index contributed by atoms with van der Waals surface area (Å²) in [5.74, 6) is -0.312. The summed E-state index contributed by atoms with van der Waals surface area (Å²) < 4.78 is 10.3. The third-order valence-electron chi connectivity index (χ3n) is 4.29. The monoisotopic (exact) mass is 383 g/mol. The second kappa shape index (κ2) is 7.68. The van der Waals surface area contributed by atoms with Gasteiger partial charge >= 0.3 is 5.97 Å². The van der Waals surface area contributed by atoms with Crippen LogP contribution in [-0.4, -0.2) is 26.1 Å². The number of para-hydroxylation sites is 1. The van der Waals surface area contributed by atoms with Crippen molar-refractivity contribution in [1.82, 2.24) is 0 Å². The van der Waals surface area contributed by atoms with Gasteiger partial charge in [0, 0.05) is 16.3 Å². The lowest BCUT2D eigenvalue weighted by molar-refractivity contribution is -0.136. The molecule has 0 saturated carbocycles. The maximum absolute atomic E-state index is 13.2. The summed E-state index contributed by atoms with van der Waals surface area (Å²) in [7, 11) is 2.84. The number of rotatable bonds is 4. The van der Waals surface area contributed by atoms with Gasteiger partial charge in [0.1, 0.15) is 5.75 Å². The molecule has 0 aromatic heterocycles. The highest BCUT2D eigenvalue weighted by Crippen LogP contribution is 2.37. The first-order valence-corrected chi connectivity index (χ1v) is 8.60. The molecule has 0 radical (unpaired) electrons. The van der Waals surface area contributed by atoms with E-state index in [0.29, 0.717) is 27.7 Å². The number of nitrogens with zero attached hydrogens (tertiary/aromatic N) is 1. The van der Waals surface area contributed by atoms with Gasteiger partial charge in [0.25, 0.3) is 5.91 Å². The van der Waals surface area contributed by atoms with Crippen molar-refractivity contribution in [3.8, 4) is 5.75 Å². The van der Waals surface area contributed by atoms with E-state index in [0.717, 1.165) is 0 Å². The average molecular weight is 384 g/mol. The Hall–Kier alpha value is -3.05. The first-order valence-electron chi connectivity index (χ1n) is 8.22. The second-order valence-corrected chi connectivity index (χ2v) is 6.31. The maximum Gasteiger partial charge on any atom is 0.340 e. The van der Waals surface area contributed by atoms with Crippen molar-refractivity contribution in [2.24, 2.45) is 0 Å². The highest BCUT2D eigenvalue weighted by Gasteiger charge is 2.38. The van der Waals surface area contributed by atoms with Crippen LogP contribution < -0.4 is 9.64 Å². The molecular weight excluding hydrogens is 366 g/mol. The van der Waals surface area contributed by atoms with Crippen molar-refractivity contribution in [1.29, 1.82) is 0 Å². The average Bonchev–Trinajstić information content (AvgIpc) is 2.91. The SMILES string of the molecule is COC(=O)C1=C(C)N(c2cccc(Cl)c2)C(=O)/C1=C\c1ccccc1OC. The molecule has 2 aromatic carbocycles. The van der Waals surface area contributed by atoms with Crippen LogP contribution in [-0.2, 0) is 14.3 Å². The summed E-state index contributed by atoms with van der Waals surface area (Å²) in [5, 5.41) is 0.495. The third kappa shape index (κ3) is 3.46. The fraction of sp³-hybridized carbons (Fsp3) is 0.143. The van der Waals surface area contributed by atoms with Crippen LogP contribution in [0.2, 0.25) is 5.02 Å². The van der Waals surface area contributed by atoms with Gasteiger partial charge in [0.15, 0.2) is 0 Å². The van der Waals surface area contributed by atoms with E-state index in [1.54, 1.807) is 50.4 Å². The molecule has 1 amide bonds. The van der Waals surface area contributed by atoms with Crippen LogP contribution >= 0.6 is 11.6 Å². The minimum Gasteiger partial charge on any atom is -0.496 e. The third-order valence-corrected chi connectivity index (χ3v) is 4.53. The molecule has 6 heteroatoms. The fourth-order valence-electron chi connectivity index (χ4n) is 3.05. The number of amides is 1. The van der Waals surface area contributed by atoms with E-state index < -0.39 is 5.97 Å². The van der Waals surface area contributed by atoms with Gasteiger partial charge in [-0.1, -0.05) is 35.9 Å². The fourth-order valence-corrected chi connectivity index (χ4v) is 3.23. The van der Waals surface area contributed by atoms with Gasteiger partial charge in [-0.25, -0.2) is 4.79 Å². The van der Waals surface area contributed by atoms with E-state index in [1.807, 2.05) is 18.2 Å². The van der Waals surface area contributed by atoms with E-state index in [-0.39, 0.29) is 17.1 Å². The van der Waals surface area contributed by atoms with Crippen LogP contribution in [0.4, 0.5) is 5.69 Å². The number of hydrogen-bond acceptors (Lipinski definition) is 4. The summed E-state index contributed by atoms with van der Waals surface area (Å²) in [4.78, 5) is 27.1. The summed E-state index contributed by atoms with van der Waals surface area (Å²) in [5.41, 5.74) is 2.20. The Bertz CT molecular complexity index is 978. The van der Waals surface area contributed by atoms with Crippen molar-refractivity contribution in [2.75, 3.05) is 19.1 Å². The molecule has 27 heavy (non-hydrogen) atoms. The zero-order valence-corrected chi connectivity index (χ0v) is 15.9. The van der Waals surface area contributed by atoms with Gasteiger partial charge < -0.3 is 9.47 Å². The molecule has 138 valence electrons. The minimum absolute atomic E-state index is 0.216. The van der Waals surface area contributed by atoms with Crippen LogP contribution in [0.25, 0.3) is 6.08 Å². The Morgan fingerprint density at radius 3 is 2.52 bits per heavy atom. The van der Waals surface area contributed by atoms with Gasteiger partial charge in [-0.3, -0.25) is 9.69 Å². The van der Waals surface area contributed by atoms with Crippen LogP contribution in [0.5, 0.6) is 5.75 Å². The number of anilines is 1. The molecule has 5 nitrogen and oxygen atoms in total. The van der Waals surface area contributed by atoms with Gasteiger partial charge in [0.2, 0.25) is 0 Å². The summed E-state index contributed by atoms with van der Waals surface area (Å²) in [6.45, 7) is 1.70. The Balaban J connectivity index is 2.17. The zero-order valence-electron chi connectivity index (χ0n) is 15.2. The molecule has 0 aliphatic carbocycles. The molecule has 0 fully saturated rings. The van der Waals surface area contributed by atoms with Gasteiger partial charge in [0.05, 0.1) is 31.1 Å². The van der Waals surface area contributed by atoms with Gasteiger partial charge in [-0.2, -0.15) is 0 Å². The number of carbonyl (C=O) groups is 2. The zero-order chi connectivity index (χ0) is 19.6. The quantitative estimate of drug-likeness (QED) is 0.585. The Morgan fingerprint density at radius 1 is 1.11 bits per heavy atom. The summed E-state index contributed by atoms with van der Waals surface area (Å²) in [6, 6.07) is 14.2. The van der Waals surface area contributed by atoms with E-state index in [4.69, 9.17) is 21.1 Å². The highest BCUT2D eigenvalue weighted by molar-refractivity contribution is 6.31. The number of benzene rings is 2. The normalized spacial score (nSPS) is 15.5. The molecule has 1 aliphatic rings. The number of esters is 1. The van der Waals surface area contributed by atoms with Crippen molar-refractivity contribution in [2.45, 2.75) is 6.92 Å². The minimum atomic E-state index is -0.577. The van der Waals surface area contributed by atoms with Crippen molar-refractivity contribution in [3.05, 3.63) is 76.0 Å². The van der Waals surface area contributed by atoms with Crippen LogP contribution in [0.15, 0.2) is 65.4 Å². The second-order valence-electron chi connectivity index (χ2n) is 5.87. The molecule has 3 rings (SSSR count). The van der Waals surface area contributed by atoms with Crippen LogP contribution in [0, 0.1) is 0 Å². The summed E-state index contributed by atoms with van der Waals surface area (Å²) >= 11 is 6.07. The van der Waals surface area contributed by atoms with Crippen molar-refractivity contribution >= 4 is 35.2 Å². The van der Waals surface area contributed by atoms with Crippen LogP contribution in [0.3, 0.4) is 0 Å². The number of carbonyl (C=O) groups excluding carboxylic acids is 2. The summed E-state index contributed by atoms with van der Waals surface area (Å²) in [6.07, 6.45) is 1.64. The van der Waals surface area contributed by atoms with Crippen molar-refractivity contribution in [3.63, 3.8) is 0 Å². The first-order chi connectivity index (χ1) is 13.0. The number of methoxy groups -OCH3 is 2. The molecule has 0 unspecified atom stereocenters. The molecule has 2 aromatic rings. The molecule has 0 spiro atoms. The van der Waals surface area contributed by atoms with E-state index >= 15 is 0 Å². The molecule has 0 N–H and O–H groups in total. The van der Waals surface area contributed by atoms with Gasteiger partial charge in [-0.15, -0.1) is 0 Å². The molecule has 0 atom stereocenters. The lowest BCUT2D eigenvalue weighted by Gasteiger charge is -2.18. The standard InChI is InChI=1S/C21H18ClNO4/c1-13-19(21(25)27-3)17(11-14-7-4-5-10-18(14)26-2)20(24)23(13)16-9-6-8-15(22)12-16/h4-12H,1-3H3/b17-11-. The molecule has 1 aliphatic heterocycles. The van der Waals surface area contributed by atoms with Crippen LogP contribution in [0.1, 0.15) is 12.5 Å². The number of ether oxygens (including phenoxy) is 2. The lowest BCUT2D eigenvalue weighted by Crippen LogP contribution is -2.24. The molecule has 1 heterocycles. The first kappa shape index (κ1) is 18.7. The molecular formula is C21H18ClNO4. The van der Waals surface area contributed by atoms with E-state index in [1.165, 1.54) is 12.0 Å². The number of allylic oxidation sites excluding steroid dienone is 1. The Morgan fingerprint density at radius 2 is 1.85 bits per heavy atom. The van der Waals surface area contributed by atoms with E-state index in [9.17, 15) is 9.59 Å². The smallest absolute Gasteiger partial charge is 0.340 e. The predicted molar refractivity (Wildman–Crippen MR) is 105 cm³/mol. The van der Waals surface area contributed by atoms with Gasteiger partial charge in [-0.05, 0) is 37.3 Å². The van der Waals surface area contributed by atoms with E-state index in [2.05, 4.69) is 0 Å².